The van der Waals surface area contributed by atoms with Gasteiger partial charge in [-0.25, -0.2) is 9.97 Å². The lowest BCUT2D eigenvalue weighted by Crippen LogP contribution is -2.32. The van der Waals surface area contributed by atoms with Gasteiger partial charge in [0.25, 0.3) is 0 Å². The summed E-state index contributed by atoms with van der Waals surface area (Å²) in [6, 6.07) is 10.7. The smallest absolute Gasteiger partial charge is 0.143 e. The predicted molar refractivity (Wildman–Crippen MR) is 107 cm³/mol. The minimum Gasteiger partial charge on any atom is -0.331 e. The lowest BCUT2D eigenvalue weighted by molar-refractivity contribution is 0.641. The highest BCUT2D eigenvalue weighted by Gasteiger charge is 2.25. The predicted octanol–water partition coefficient (Wildman–Crippen LogP) is 3.44. The van der Waals surface area contributed by atoms with E-state index in [4.69, 9.17) is 9.97 Å². The molecular formula is C20H27N4P. The third kappa shape index (κ3) is 4.19. The van der Waals surface area contributed by atoms with Crippen LogP contribution in [0.2, 0.25) is 0 Å². The van der Waals surface area contributed by atoms with Gasteiger partial charge in [0.15, 0.2) is 0 Å². The van der Waals surface area contributed by atoms with E-state index in [1.54, 1.807) is 0 Å². The molecule has 0 saturated heterocycles. The number of unbranched alkanes of at least 4 members (excludes halogenated alkanes) is 2. The van der Waals surface area contributed by atoms with Crippen LogP contribution >= 0.6 is 7.92 Å². The molecule has 0 aliphatic heterocycles. The van der Waals surface area contributed by atoms with E-state index in [1.807, 2.05) is 12.4 Å². The van der Waals surface area contributed by atoms with Gasteiger partial charge in [0.2, 0.25) is 0 Å². The zero-order valence-electron chi connectivity index (χ0n) is 15.2. The molecule has 1 aromatic carbocycles. The Morgan fingerprint density at radius 1 is 0.800 bits per heavy atom. The summed E-state index contributed by atoms with van der Waals surface area (Å²) in [5.41, 5.74) is 2.30. The molecule has 25 heavy (non-hydrogen) atoms. The Hall–Kier alpha value is -1.93. The summed E-state index contributed by atoms with van der Waals surface area (Å²) in [5.74, 6) is 0. The Kier molecular flexibility index (Phi) is 6.41. The maximum Gasteiger partial charge on any atom is 0.143 e. The molecule has 0 saturated carbocycles. The van der Waals surface area contributed by atoms with Crippen LogP contribution in [0, 0.1) is 0 Å². The van der Waals surface area contributed by atoms with Gasteiger partial charge in [0.05, 0.1) is 7.92 Å². The largest absolute Gasteiger partial charge is 0.331 e. The number of rotatable bonds is 9. The molecule has 3 rings (SSSR count). The highest BCUT2D eigenvalue weighted by Crippen LogP contribution is 2.31. The van der Waals surface area contributed by atoms with Crippen LogP contribution in [0.5, 0.6) is 0 Å². The molecule has 5 heteroatoms. The van der Waals surface area contributed by atoms with Gasteiger partial charge in [-0.1, -0.05) is 57.0 Å². The van der Waals surface area contributed by atoms with E-state index in [2.05, 4.69) is 65.7 Å². The molecule has 0 radical (unpaired) electrons. The SMILES string of the molecule is CCCCn1ccnc1P(c1ccccc1)c1nccn1CCCC. The number of hydrogen-bond acceptors (Lipinski definition) is 2. The summed E-state index contributed by atoms with van der Waals surface area (Å²) >= 11 is 0. The molecule has 0 N–H and O–H groups in total. The Bertz CT molecular complexity index is 717. The number of benzene rings is 1. The van der Waals surface area contributed by atoms with E-state index in [0.717, 1.165) is 24.2 Å². The van der Waals surface area contributed by atoms with Crippen molar-refractivity contribution in [3.8, 4) is 0 Å². The molecule has 0 bridgehead atoms. The van der Waals surface area contributed by atoms with E-state index in [0.29, 0.717) is 0 Å². The topological polar surface area (TPSA) is 35.6 Å². The number of aryl methyl sites for hydroxylation is 2. The average Bonchev–Trinajstić information content (AvgIpc) is 3.29. The summed E-state index contributed by atoms with van der Waals surface area (Å²) in [7, 11) is -0.743. The fraction of sp³-hybridized carbons (Fsp3) is 0.400. The summed E-state index contributed by atoms with van der Waals surface area (Å²) in [4.78, 5) is 9.52. The van der Waals surface area contributed by atoms with Crippen molar-refractivity contribution in [3.63, 3.8) is 0 Å². The van der Waals surface area contributed by atoms with Crippen molar-refractivity contribution in [2.24, 2.45) is 0 Å². The van der Waals surface area contributed by atoms with Crippen LogP contribution in [0.4, 0.5) is 0 Å². The molecule has 132 valence electrons. The Labute approximate surface area is 151 Å². The van der Waals surface area contributed by atoms with E-state index < -0.39 is 7.92 Å². The molecule has 0 fully saturated rings. The van der Waals surface area contributed by atoms with Gasteiger partial charge in [0.1, 0.15) is 11.1 Å². The summed E-state index contributed by atoms with van der Waals surface area (Å²) in [5, 5.41) is 1.31. The molecule has 0 spiro atoms. The molecule has 0 atom stereocenters. The van der Waals surface area contributed by atoms with Crippen LogP contribution in [0.1, 0.15) is 39.5 Å². The first-order valence-corrected chi connectivity index (χ1v) is 10.6. The molecule has 0 unspecified atom stereocenters. The van der Waals surface area contributed by atoms with Crippen molar-refractivity contribution in [3.05, 3.63) is 55.1 Å². The first-order valence-electron chi connectivity index (χ1n) is 9.22. The molecule has 2 aromatic heterocycles. The Balaban J connectivity index is 2.03. The second-order valence-corrected chi connectivity index (χ2v) is 8.21. The van der Waals surface area contributed by atoms with Gasteiger partial charge in [-0.3, -0.25) is 0 Å². The monoisotopic (exact) mass is 354 g/mol. The van der Waals surface area contributed by atoms with E-state index in [9.17, 15) is 0 Å². The molecule has 0 amide bonds. The number of imidazole rings is 2. The fourth-order valence-corrected chi connectivity index (χ4v) is 5.24. The molecule has 0 aliphatic carbocycles. The second kappa shape index (κ2) is 8.96. The van der Waals surface area contributed by atoms with Gasteiger partial charge >= 0.3 is 0 Å². The molecule has 3 aromatic rings. The standard InChI is InChI=1S/C20H27N4P/c1-3-5-14-23-16-12-21-19(23)25(18-10-8-7-9-11-18)20-22-13-17-24(20)15-6-4-2/h7-13,16-17H,3-6,14-15H2,1-2H3. The van der Waals surface area contributed by atoms with E-state index >= 15 is 0 Å². The van der Waals surface area contributed by atoms with Crippen LogP contribution in [-0.4, -0.2) is 19.1 Å². The quantitative estimate of drug-likeness (QED) is 0.552. The fourth-order valence-electron chi connectivity index (χ4n) is 2.92. The first kappa shape index (κ1) is 17.9. The minimum absolute atomic E-state index is 0.743. The zero-order chi connectivity index (χ0) is 17.5. The van der Waals surface area contributed by atoms with Crippen molar-refractivity contribution < 1.29 is 0 Å². The highest BCUT2D eigenvalue weighted by molar-refractivity contribution is 7.79. The summed E-state index contributed by atoms with van der Waals surface area (Å²) < 4.78 is 4.64. The molecule has 2 heterocycles. The van der Waals surface area contributed by atoms with Crippen molar-refractivity contribution in [2.75, 3.05) is 0 Å². The third-order valence-electron chi connectivity index (χ3n) is 4.31. The van der Waals surface area contributed by atoms with Crippen LogP contribution in [0.3, 0.4) is 0 Å². The maximum absolute atomic E-state index is 4.76. The maximum atomic E-state index is 4.76. The van der Waals surface area contributed by atoms with Gasteiger partial charge in [-0.15, -0.1) is 0 Å². The van der Waals surface area contributed by atoms with Gasteiger partial charge < -0.3 is 9.13 Å². The molecule has 4 nitrogen and oxygen atoms in total. The lowest BCUT2D eigenvalue weighted by Gasteiger charge is -2.20. The van der Waals surface area contributed by atoms with Crippen LogP contribution in [0.25, 0.3) is 0 Å². The van der Waals surface area contributed by atoms with Gasteiger partial charge in [0, 0.05) is 37.9 Å². The van der Waals surface area contributed by atoms with Crippen molar-refractivity contribution in [1.29, 1.82) is 0 Å². The first-order chi connectivity index (χ1) is 12.3. The van der Waals surface area contributed by atoms with Crippen LogP contribution in [0.15, 0.2) is 55.1 Å². The van der Waals surface area contributed by atoms with Crippen molar-refractivity contribution in [2.45, 2.75) is 52.6 Å². The normalized spacial score (nSPS) is 11.3. The van der Waals surface area contributed by atoms with E-state index in [-0.39, 0.29) is 0 Å². The van der Waals surface area contributed by atoms with E-state index in [1.165, 1.54) is 31.0 Å². The second-order valence-electron chi connectivity index (χ2n) is 6.22. The third-order valence-corrected chi connectivity index (χ3v) is 6.67. The average molecular weight is 354 g/mol. The summed E-state index contributed by atoms with van der Waals surface area (Å²) in [6.07, 6.45) is 12.8. The van der Waals surface area contributed by atoms with Crippen LogP contribution in [-0.2, 0) is 13.1 Å². The number of nitrogens with zero attached hydrogens (tertiary/aromatic N) is 4. The van der Waals surface area contributed by atoms with Crippen molar-refractivity contribution in [1.82, 2.24) is 19.1 Å². The Morgan fingerprint density at radius 3 is 1.80 bits per heavy atom. The van der Waals surface area contributed by atoms with Gasteiger partial charge in [-0.2, -0.15) is 0 Å². The van der Waals surface area contributed by atoms with Gasteiger partial charge in [-0.05, 0) is 18.1 Å². The molecular weight excluding hydrogens is 327 g/mol. The van der Waals surface area contributed by atoms with Crippen LogP contribution < -0.4 is 16.4 Å². The lowest BCUT2D eigenvalue weighted by atomic mass is 10.3. The number of aromatic nitrogens is 4. The molecule has 0 aliphatic rings. The zero-order valence-corrected chi connectivity index (χ0v) is 16.1. The minimum atomic E-state index is -0.743. The summed E-state index contributed by atoms with van der Waals surface area (Å²) in [6.45, 7) is 6.50. The highest BCUT2D eigenvalue weighted by atomic mass is 31.1. The number of hydrogen-bond donors (Lipinski definition) is 0. The Morgan fingerprint density at radius 2 is 1.32 bits per heavy atom. The van der Waals surface area contributed by atoms with Crippen molar-refractivity contribution >= 4 is 24.4 Å².